The Kier molecular flexibility index (Phi) is 4.72. The fraction of sp³-hybridized carbons (Fsp3) is 0.529. The average molecular weight is 374 g/mol. The monoisotopic (exact) mass is 374 g/mol. The second-order valence-corrected chi connectivity index (χ2v) is 7.13. The number of hydrogen-bond donors (Lipinski definition) is 2. The predicted octanol–water partition coefficient (Wildman–Crippen LogP) is 3.22. The van der Waals surface area contributed by atoms with E-state index in [0.29, 0.717) is 0 Å². The van der Waals surface area contributed by atoms with Crippen LogP contribution >= 0.6 is 0 Å². The number of nitrogens with two attached hydrogens (primary N) is 1. The number of rotatable bonds is 3. The molecule has 2 unspecified atom stereocenters. The molecular formula is C17H22F4N4O. The third-order valence-corrected chi connectivity index (χ3v) is 5.10. The lowest BCUT2D eigenvalue weighted by atomic mass is 9.67. The summed E-state index contributed by atoms with van der Waals surface area (Å²) in [6.07, 6.45) is -4.45. The number of amides is 1. The van der Waals surface area contributed by atoms with Gasteiger partial charge in [0.1, 0.15) is 17.4 Å². The number of alkyl halides is 3. The summed E-state index contributed by atoms with van der Waals surface area (Å²) in [6, 6.07) is 1.68. The van der Waals surface area contributed by atoms with Crippen LogP contribution in [0.15, 0.2) is 23.2 Å². The fourth-order valence-corrected chi connectivity index (χ4v) is 2.89. The van der Waals surface area contributed by atoms with Crippen LogP contribution < -0.4 is 11.1 Å². The second-order valence-electron chi connectivity index (χ2n) is 7.13. The Hall–Kier alpha value is -2.32. The van der Waals surface area contributed by atoms with Gasteiger partial charge in [-0.3, -0.25) is 9.69 Å². The van der Waals surface area contributed by atoms with Crippen molar-refractivity contribution in [2.75, 3.05) is 12.4 Å². The molecule has 9 heteroatoms. The van der Waals surface area contributed by atoms with E-state index in [9.17, 15) is 22.4 Å². The molecule has 144 valence electrons. The highest BCUT2D eigenvalue weighted by Gasteiger charge is 2.53. The van der Waals surface area contributed by atoms with Gasteiger partial charge in [0.05, 0.1) is 5.41 Å². The third-order valence-electron chi connectivity index (χ3n) is 5.10. The SMILES string of the molecule is CC(Nc1ccc(F)c(C2(C)N=C(N)N(C)C(=O)C2(C)C)c1)C(F)(F)F. The molecule has 1 aromatic rings. The van der Waals surface area contributed by atoms with Crippen molar-refractivity contribution in [1.29, 1.82) is 0 Å². The molecule has 0 bridgehead atoms. The number of guanidine groups is 1. The van der Waals surface area contributed by atoms with Crippen molar-refractivity contribution >= 4 is 17.6 Å². The number of nitrogens with one attached hydrogen (secondary N) is 1. The molecule has 1 heterocycles. The van der Waals surface area contributed by atoms with E-state index < -0.39 is 29.0 Å². The molecule has 0 fully saturated rings. The van der Waals surface area contributed by atoms with Gasteiger partial charge in [-0.25, -0.2) is 9.38 Å². The number of carbonyl (C=O) groups is 1. The highest BCUT2D eigenvalue weighted by atomic mass is 19.4. The number of aliphatic imine (C=N–C) groups is 1. The van der Waals surface area contributed by atoms with Crippen molar-refractivity contribution in [2.24, 2.45) is 16.1 Å². The van der Waals surface area contributed by atoms with Crippen molar-refractivity contribution in [2.45, 2.75) is 45.5 Å². The van der Waals surface area contributed by atoms with Crippen molar-refractivity contribution in [1.82, 2.24) is 4.90 Å². The number of carbonyl (C=O) groups excluding carboxylic acids is 1. The first-order chi connectivity index (χ1) is 11.7. The van der Waals surface area contributed by atoms with Crippen LogP contribution in [-0.4, -0.2) is 36.0 Å². The molecule has 1 aliphatic rings. The maximum absolute atomic E-state index is 14.6. The molecular weight excluding hydrogens is 352 g/mol. The summed E-state index contributed by atoms with van der Waals surface area (Å²) in [5, 5.41) is 2.30. The van der Waals surface area contributed by atoms with E-state index in [1.807, 2.05) is 0 Å². The van der Waals surface area contributed by atoms with Crippen molar-refractivity contribution in [3.8, 4) is 0 Å². The van der Waals surface area contributed by atoms with Gasteiger partial charge in [0.25, 0.3) is 0 Å². The number of nitrogens with zero attached hydrogens (tertiary/aromatic N) is 2. The lowest BCUT2D eigenvalue weighted by molar-refractivity contribution is -0.140. The van der Waals surface area contributed by atoms with Crippen LogP contribution in [0.25, 0.3) is 0 Å². The number of anilines is 1. The molecule has 5 nitrogen and oxygen atoms in total. The van der Waals surface area contributed by atoms with Crippen molar-refractivity contribution < 1.29 is 22.4 Å². The van der Waals surface area contributed by atoms with E-state index in [1.165, 1.54) is 24.1 Å². The Morgan fingerprint density at radius 2 is 1.85 bits per heavy atom. The van der Waals surface area contributed by atoms with E-state index in [-0.39, 0.29) is 23.1 Å². The quantitative estimate of drug-likeness (QED) is 0.798. The lowest BCUT2D eigenvalue weighted by Gasteiger charge is -2.46. The van der Waals surface area contributed by atoms with Crippen molar-refractivity contribution in [3.05, 3.63) is 29.6 Å². The maximum Gasteiger partial charge on any atom is 0.408 e. The summed E-state index contributed by atoms with van der Waals surface area (Å²) in [5.41, 5.74) is 3.31. The van der Waals surface area contributed by atoms with E-state index in [1.54, 1.807) is 20.8 Å². The third kappa shape index (κ3) is 3.10. The first kappa shape index (κ1) is 20.0. The molecule has 1 amide bonds. The van der Waals surface area contributed by atoms with Crippen LogP contribution in [0.5, 0.6) is 0 Å². The van der Waals surface area contributed by atoms with E-state index in [0.717, 1.165) is 13.0 Å². The first-order valence-corrected chi connectivity index (χ1v) is 7.98. The summed E-state index contributed by atoms with van der Waals surface area (Å²) >= 11 is 0. The van der Waals surface area contributed by atoms with Gasteiger partial charge in [0.2, 0.25) is 5.91 Å². The average Bonchev–Trinajstić information content (AvgIpc) is 2.52. The van der Waals surface area contributed by atoms with Gasteiger partial charge in [-0.2, -0.15) is 13.2 Å². The minimum absolute atomic E-state index is 0.00808. The van der Waals surface area contributed by atoms with Crippen LogP contribution in [0.1, 0.15) is 33.3 Å². The minimum Gasteiger partial charge on any atom is -0.374 e. The van der Waals surface area contributed by atoms with Crippen LogP contribution in [0, 0.1) is 11.2 Å². The molecule has 2 atom stereocenters. The maximum atomic E-state index is 14.6. The van der Waals surface area contributed by atoms with Crippen molar-refractivity contribution in [3.63, 3.8) is 0 Å². The second kappa shape index (κ2) is 6.14. The molecule has 0 saturated carbocycles. The van der Waals surface area contributed by atoms with Crippen LogP contribution in [0.2, 0.25) is 0 Å². The normalized spacial score (nSPS) is 24.3. The van der Waals surface area contributed by atoms with E-state index in [4.69, 9.17) is 5.73 Å². The van der Waals surface area contributed by atoms with Crippen LogP contribution in [0.3, 0.4) is 0 Å². The Morgan fingerprint density at radius 3 is 2.38 bits per heavy atom. The largest absolute Gasteiger partial charge is 0.408 e. The molecule has 3 N–H and O–H groups in total. The Balaban J connectivity index is 2.57. The smallest absolute Gasteiger partial charge is 0.374 e. The van der Waals surface area contributed by atoms with Crippen LogP contribution in [0.4, 0.5) is 23.2 Å². The number of benzene rings is 1. The van der Waals surface area contributed by atoms with Crippen LogP contribution in [-0.2, 0) is 10.3 Å². The van der Waals surface area contributed by atoms with Gasteiger partial charge >= 0.3 is 6.18 Å². The van der Waals surface area contributed by atoms with Gasteiger partial charge in [-0.05, 0) is 45.9 Å². The molecule has 0 aromatic heterocycles. The van der Waals surface area contributed by atoms with Gasteiger partial charge in [0, 0.05) is 18.3 Å². The zero-order chi connectivity index (χ0) is 20.1. The number of hydrogen-bond acceptors (Lipinski definition) is 4. The zero-order valence-corrected chi connectivity index (χ0v) is 15.2. The van der Waals surface area contributed by atoms with Gasteiger partial charge in [0.15, 0.2) is 5.96 Å². The molecule has 1 aliphatic heterocycles. The summed E-state index contributed by atoms with van der Waals surface area (Å²) in [4.78, 5) is 18.1. The molecule has 0 aliphatic carbocycles. The topological polar surface area (TPSA) is 70.7 Å². The summed E-state index contributed by atoms with van der Waals surface area (Å²) < 4.78 is 52.9. The summed E-state index contributed by atoms with van der Waals surface area (Å²) in [6.45, 7) is 5.70. The van der Waals surface area contributed by atoms with E-state index >= 15 is 0 Å². The summed E-state index contributed by atoms with van der Waals surface area (Å²) in [5.74, 6) is -1.13. The highest BCUT2D eigenvalue weighted by molar-refractivity contribution is 6.01. The Bertz CT molecular complexity index is 760. The molecule has 0 spiro atoms. The first-order valence-electron chi connectivity index (χ1n) is 7.98. The lowest BCUT2D eigenvalue weighted by Crippen LogP contribution is -2.58. The molecule has 1 aromatic carbocycles. The standard InChI is InChI=1S/C17H22F4N4O/c1-9(17(19,20)21)23-10-6-7-12(18)11(8-10)16(4)15(2,3)13(26)25(5)14(22)24-16/h6-9,23H,1-5H3,(H2,22,24). The Labute approximate surface area is 149 Å². The van der Waals surface area contributed by atoms with Gasteiger partial charge in [-0.15, -0.1) is 0 Å². The Morgan fingerprint density at radius 1 is 1.27 bits per heavy atom. The predicted molar refractivity (Wildman–Crippen MR) is 91.1 cm³/mol. The highest BCUT2D eigenvalue weighted by Crippen LogP contribution is 2.47. The molecule has 26 heavy (non-hydrogen) atoms. The van der Waals surface area contributed by atoms with E-state index in [2.05, 4.69) is 10.3 Å². The summed E-state index contributed by atoms with van der Waals surface area (Å²) in [7, 11) is 1.46. The molecule has 0 radical (unpaired) electrons. The van der Waals surface area contributed by atoms with Gasteiger partial charge in [-0.1, -0.05) is 0 Å². The van der Waals surface area contributed by atoms with Gasteiger partial charge < -0.3 is 11.1 Å². The number of halogens is 4. The molecule has 2 rings (SSSR count). The minimum atomic E-state index is -4.45. The zero-order valence-electron chi connectivity index (χ0n) is 15.2. The molecule has 0 saturated heterocycles. The fourth-order valence-electron chi connectivity index (χ4n) is 2.89.